The number of nitrogens with one attached hydrogen (secondary N) is 1. The summed E-state index contributed by atoms with van der Waals surface area (Å²) in [5.41, 5.74) is 0. The zero-order valence-electron chi connectivity index (χ0n) is 8.54. The highest BCUT2D eigenvalue weighted by molar-refractivity contribution is 7.99. The molecule has 1 unspecified atom stereocenters. The second kappa shape index (κ2) is 7.07. The molecule has 0 rings (SSSR count). The van der Waals surface area contributed by atoms with Gasteiger partial charge < -0.3 is 20.6 Å². The van der Waals surface area contributed by atoms with E-state index in [4.69, 9.17) is 15.3 Å². The number of aliphatic hydroxyl groups is 1. The maximum atomic E-state index is 10.6. The van der Waals surface area contributed by atoms with Crippen LogP contribution in [0.4, 0.5) is 0 Å². The molecule has 16 heavy (non-hydrogen) atoms. The number of hydrogen-bond acceptors (Lipinski definition) is 5. The van der Waals surface area contributed by atoms with Crippen LogP contribution in [0.3, 0.4) is 0 Å². The maximum Gasteiger partial charge on any atom is 0.333 e. The molecule has 0 aliphatic heterocycles. The normalized spacial score (nSPS) is 13.9. The van der Waals surface area contributed by atoms with E-state index in [9.17, 15) is 14.4 Å². The van der Waals surface area contributed by atoms with Crippen LogP contribution in [0.5, 0.6) is 0 Å². The van der Waals surface area contributed by atoms with Crippen molar-refractivity contribution in [3.63, 3.8) is 0 Å². The van der Waals surface area contributed by atoms with Crippen LogP contribution < -0.4 is 5.32 Å². The molecule has 0 fully saturated rings. The number of carboxylic acids is 2. The Morgan fingerprint density at radius 3 is 2.12 bits per heavy atom. The predicted molar refractivity (Wildman–Crippen MR) is 56.2 cm³/mol. The summed E-state index contributed by atoms with van der Waals surface area (Å²) >= 11 is 0.942. The van der Waals surface area contributed by atoms with Crippen LogP contribution in [0.25, 0.3) is 0 Å². The van der Waals surface area contributed by atoms with Gasteiger partial charge >= 0.3 is 11.9 Å². The molecular formula is C8H13NO6S. The third kappa shape index (κ3) is 6.25. The first-order valence-corrected chi connectivity index (χ1v) is 5.48. The molecule has 0 aromatic rings. The molecular weight excluding hydrogens is 238 g/mol. The summed E-state index contributed by atoms with van der Waals surface area (Å²) in [5.74, 6) is -3.17. The highest BCUT2D eigenvalue weighted by Crippen LogP contribution is 2.06. The van der Waals surface area contributed by atoms with Gasteiger partial charge in [-0.3, -0.25) is 4.79 Å². The monoisotopic (exact) mass is 251 g/mol. The van der Waals surface area contributed by atoms with Gasteiger partial charge in [0.15, 0.2) is 6.10 Å². The fourth-order valence-corrected chi connectivity index (χ4v) is 1.75. The minimum atomic E-state index is -1.53. The van der Waals surface area contributed by atoms with Gasteiger partial charge in [0.1, 0.15) is 6.04 Å². The molecule has 0 aromatic heterocycles. The lowest BCUT2D eigenvalue weighted by Gasteiger charge is -2.13. The van der Waals surface area contributed by atoms with E-state index >= 15 is 0 Å². The van der Waals surface area contributed by atoms with Crippen LogP contribution in [0, 0.1) is 0 Å². The second-order valence-corrected chi connectivity index (χ2v) is 4.06. The lowest BCUT2D eigenvalue weighted by molar-refractivity contribution is -0.145. The molecule has 7 nitrogen and oxygen atoms in total. The van der Waals surface area contributed by atoms with Crippen LogP contribution in [0.1, 0.15) is 6.92 Å². The minimum Gasteiger partial charge on any atom is -0.480 e. The van der Waals surface area contributed by atoms with E-state index in [1.54, 1.807) is 0 Å². The van der Waals surface area contributed by atoms with Crippen LogP contribution >= 0.6 is 11.8 Å². The number of carboxylic acid groups (broad SMARTS) is 2. The van der Waals surface area contributed by atoms with Crippen LogP contribution in [0.2, 0.25) is 0 Å². The topological polar surface area (TPSA) is 124 Å². The van der Waals surface area contributed by atoms with E-state index in [0.29, 0.717) is 0 Å². The molecule has 8 heteroatoms. The Kier molecular flexibility index (Phi) is 6.50. The van der Waals surface area contributed by atoms with Crippen molar-refractivity contribution >= 4 is 29.6 Å². The number of carbonyl (C=O) groups is 3. The number of hydrogen-bond donors (Lipinski definition) is 4. The molecule has 0 saturated carbocycles. The van der Waals surface area contributed by atoms with E-state index in [-0.39, 0.29) is 11.5 Å². The summed E-state index contributed by atoms with van der Waals surface area (Å²) in [7, 11) is 0. The fourth-order valence-electron chi connectivity index (χ4n) is 0.789. The summed E-state index contributed by atoms with van der Waals surface area (Å²) in [6.07, 6.45) is -1.53. The number of thioether (sulfide) groups is 1. The number of aliphatic hydroxyl groups excluding tert-OH is 1. The smallest absolute Gasteiger partial charge is 0.333 e. The van der Waals surface area contributed by atoms with Crippen molar-refractivity contribution in [1.82, 2.24) is 5.32 Å². The molecule has 0 spiro atoms. The Morgan fingerprint density at radius 2 is 1.75 bits per heavy atom. The third-order valence-electron chi connectivity index (χ3n) is 1.52. The first-order chi connectivity index (χ1) is 7.34. The predicted octanol–water partition coefficient (Wildman–Crippen LogP) is -1.25. The number of aliphatic carboxylic acids is 2. The quantitative estimate of drug-likeness (QED) is 0.446. The maximum absolute atomic E-state index is 10.6. The summed E-state index contributed by atoms with van der Waals surface area (Å²) < 4.78 is 0. The molecule has 0 saturated heterocycles. The van der Waals surface area contributed by atoms with Gasteiger partial charge in [0, 0.05) is 18.4 Å². The molecule has 4 N–H and O–H groups in total. The van der Waals surface area contributed by atoms with Gasteiger partial charge in [-0.05, 0) is 0 Å². The molecule has 0 radical (unpaired) electrons. The van der Waals surface area contributed by atoms with Crippen molar-refractivity contribution in [3.8, 4) is 0 Å². The van der Waals surface area contributed by atoms with E-state index < -0.39 is 30.0 Å². The number of rotatable bonds is 7. The third-order valence-corrected chi connectivity index (χ3v) is 2.64. The molecule has 0 bridgehead atoms. The first-order valence-electron chi connectivity index (χ1n) is 4.33. The molecule has 0 aliphatic carbocycles. The highest BCUT2D eigenvalue weighted by atomic mass is 32.2. The zero-order valence-corrected chi connectivity index (χ0v) is 9.36. The van der Waals surface area contributed by atoms with E-state index in [1.165, 1.54) is 6.92 Å². The van der Waals surface area contributed by atoms with E-state index in [2.05, 4.69) is 5.32 Å². The number of amides is 1. The zero-order chi connectivity index (χ0) is 12.7. The van der Waals surface area contributed by atoms with Gasteiger partial charge in [0.25, 0.3) is 0 Å². The Hall–Kier alpha value is -1.28. The lowest BCUT2D eigenvalue weighted by Crippen LogP contribution is -2.41. The van der Waals surface area contributed by atoms with Crippen molar-refractivity contribution in [2.45, 2.75) is 19.1 Å². The summed E-state index contributed by atoms with van der Waals surface area (Å²) in [4.78, 5) is 31.5. The van der Waals surface area contributed by atoms with Gasteiger partial charge in [-0.2, -0.15) is 11.8 Å². The van der Waals surface area contributed by atoms with Gasteiger partial charge in [0.05, 0.1) is 0 Å². The summed E-state index contributed by atoms with van der Waals surface area (Å²) in [6, 6.07) is -1.08. The highest BCUT2D eigenvalue weighted by Gasteiger charge is 2.20. The van der Waals surface area contributed by atoms with Gasteiger partial charge in [-0.25, -0.2) is 9.59 Å². The Bertz CT molecular complexity index is 282. The van der Waals surface area contributed by atoms with Crippen LogP contribution in [0.15, 0.2) is 0 Å². The Morgan fingerprint density at radius 1 is 1.19 bits per heavy atom. The minimum absolute atomic E-state index is 0.000741. The van der Waals surface area contributed by atoms with Crippen molar-refractivity contribution in [1.29, 1.82) is 0 Å². The second-order valence-electron chi connectivity index (χ2n) is 2.98. The van der Waals surface area contributed by atoms with Crippen molar-refractivity contribution in [3.05, 3.63) is 0 Å². The SMILES string of the molecule is CC(=O)N[C@@H](CSCC(O)C(=O)O)C(=O)O. The molecule has 92 valence electrons. The molecule has 0 heterocycles. The van der Waals surface area contributed by atoms with Crippen molar-refractivity contribution < 1.29 is 29.7 Å². The van der Waals surface area contributed by atoms with Crippen LogP contribution in [-0.2, 0) is 14.4 Å². The van der Waals surface area contributed by atoms with Crippen molar-refractivity contribution in [2.75, 3.05) is 11.5 Å². The Labute approximate surface area is 95.8 Å². The van der Waals surface area contributed by atoms with E-state index in [0.717, 1.165) is 11.8 Å². The molecule has 0 aliphatic rings. The molecule has 1 amide bonds. The molecule has 2 atom stereocenters. The van der Waals surface area contributed by atoms with Crippen molar-refractivity contribution in [2.24, 2.45) is 0 Å². The van der Waals surface area contributed by atoms with Gasteiger partial charge in [-0.15, -0.1) is 0 Å². The average Bonchev–Trinajstić information content (AvgIpc) is 2.14. The fraction of sp³-hybridized carbons (Fsp3) is 0.625. The van der Waals surface area contributed by atoms with Gasteiger partial charge in [0.2, 0.25) is 5.91 Å². The van der Waals surface area contributed by atoms with Crippen LogP contribution in [-0.4, -0.2) is 56.8 Å². The summed E-state index contributed by atoms with van der Waals surface area (Å²) in [6.45, 7) is 1.19. The standard InChI is InChI=1S/C8H13NO6S/c1-4(10)9-5(7(12)13)2-16-3-6(11)8(14)15/h5-6,11H,2-3H2,1H3,(H,9,10)(H,12,13)(H,14,15)/t5-,6?/m0/s1. The van der Waals surface area contributed by atoms with E-state index in [1.807, 2.05) is 0 Å². The van der Waals surface area contributed by atoms with Gasteiger partial charge in [-0.1, -0.05) is 0 Å². The lowest BCUT2D eigenvalue weighted by atomic mass is 10.3. The molecule has 0 aromatic carbocycles. The average molecular weight is 251 g/mol. The summed E-state index contributed by atoms with van der Waals surface area (Å²) in [5, 5.41) is 28.1. The first kappa shape index (κ1) is 14.7. The largest absolute Gasteiger partial charge is 0.480 e. The Balaban J connectivity index is 3.99. The number of carbonyl (C=O) groups excluding carboxylic acids is 1.